The van der Waals surface area contributed by atoms with Crippen LogP contribution in [0.5, 0.6) is 11.5 Å². The first-order valence-corrected chi connectivity index (χ1v) is 5.20. The van der Waals surface area contributed by atoms with Gasteiger partial charge in [-0.15, -0.1) is 0 Å². The molecule has 0 aromatic heterocycles. The topological polar surface area (TPSA) is 66.5 Å². The van der Waals surface area contributed by atoms with Crippen LogP contribution in [0.25, 0.3) is 12.2 Å². The lowest BCUT2D eigenvalue weighted by Gasteiger charge is -1.98. The SMILES string of the molecule is Nc1ccc(C=Cc2cc(O)cc(O)c2)cc1. The Morgan fingerprint density at radius 3 is 1.88 bits per heavy atom. The smallest absolute Gasteiger partial charge is 0.119 e. The Kier molecular flexibility index (Phi) is 3.01. The fraction of sp³-hybridized carbons (Fsp3) is 0. The molecule has 0 radical (unpaired) electrons. The highest BCUT2D eigenvalue weighted by Crippen LogP contribution is 2.22. The second-order valence-electron chi connectivity index (χ2n) is 3.78. The Morgan fingerprint density at radius 1 is 0.765 bits per heavy atom. The molecule has 0 aliphatic heterocycles. The first kappa shape index (κ1) is 11.1. The van der Waals surface area contributed by atoms with E-state index in [0.29, 0.717) is 0 Å². The Labute approximate surface area is 99.5 Å². The number of phenols is 2. The molecule has 0 aliphatic rings. The third-order valence-corrected chi connectivity index (χ3v) is 2.33. The molecular formula is C14H13NO2. The van der Waals surface area contributed by atoms with Crippen LogP contribution in [-0.2, 0) is 0 Å². The van der Waals surface area contributed by atoms with E-state index in [-0.39, 0.29) is 11.5 Å². The fourth-order valence-electron chi connectivity index (χ4n) is 1.51. The monoisotopic (exact) mass is 227 g/mol. The molecule has 4 N–H and O–H groups in total. The lowest BCUT2D eigenvalue weighted by atomic mass is 10.1. The van der Waals surface area contributed by atoms with Crippen LogP contribution in [-0.4, -0.2) is 10.2 Å². The second kappa shape index (κ2) is 4.61. The molecule has 2 aromatic carbocycles. The molecule has 3 heteroatoms. The predicted octanol–water partition coefficient (Wildman–Crippen LogP) is 2.85. The number of nitrogens with two attached hydrogens (primary N) is 1. The van der Waals surface area contributed by atoms with Crippen LogP contribution in [0.4, 0.5) is 5.69 Å². The average molecular weight is 227 g/mol. The van der Waals surface area contributed by atoms with Crippen LogP contribution in [0.15, 0.2) is 42.5 Å². The predicted molar refractivity (Wildman–Crippen MR) is 69.6 cm³/mol. The second-order valence-corrected chi connectivity index (χ2v) is 3.78. The van der Waals surface area contributed by atoms with Gasteiger partial charge in [-0.3, -0.25) is 0 Å². The van der Waals surface area contributed by atoms with Crippen LogP contribution >= 0.6 is 0 Å². The molecular weight excluding hydrogens is 214 g/mol. The first-order valence-electron chi connectivity index (χ1n) is 5.20. The van der Waals surface area contributed by atoms with Crippen molar-refractivity contribution in [3.63, 3.8) is 0 Å². The van der Waals surface area contributed by atoms with Gasteiger partial charge in [-0.1, -0.05) is 24.3 Å². The maximum absolute atomic E-state index is 9.32. The van der Waals surface area contributed by atoms with Crippen molar-refractivity contribution < 1.29 is 10.2 Å². The van der Waals surface area contributed by atoms with Crippen LogP contribution < -0.4 is 5.73 Å². The van der Waals surface area contributed by atoms with E-state index in [1.807, 2.05) is 36.4 Å². The molecule has 0 saturated heterocycles. The summed E-state index contributed by atoms with van der Waals surface area (Å²) in [6, 6.07) is 11.9. The summed E-state index contributed by atoms with van der Waals surface area (Å²) >= 11 is 0. The lowest BCUT2D eigenvalue weighted by Crippen LogP contribution is -1.82. The number of hydrogen-bond acceptors (Lipinski definition) is 3. The number of aromatic hydroxyl groups is 2. The molecule has 0 saturated carbocycles. The van der Waals surface area contributed by atoms with Gasteiger partial charge in [0, 0.05) is 11.8 Å². The maximum Gasteiger partial charge on any atom is 0.119 e. The van der Waals surface area contributed by atoms with Crippen molar-refractivity contribution in [1.82, 2.24) is 0 Å². The Hall–Kier alpha value is -2.42. The van der Waals surface area contributed by atoms with Gasteiger partial charge in [0.05, 0.1) is 0 Å². The summed E-state index contributed by atoms with van der Waals surface area (Å²) in [5.74, 6) is 0.0870. The fourth-order valence-corrected chi connectivity index (χ4v) is 1.51. The van der Waals surface area contributed by atoms with E-state index in [2.05, 4.69) is 0 Å². The summed E-state index contributed by atoms with van der Waals surface area (Å²) in [6.07, 6.45) is 3.69. The molecule has 2 aromatic rings. The molecule has 0 spiro atoms. The van der Waals surface area contributed by atoms with Gasteiger partial charge in [0.15, 0.2) is 0 Å². The normalized spacial score (nSPS) is 10.8. The van der Waals surface area contributed by atoms with E-state index in [9.17, 15) is 10.2 Å². The van der Waals surface area contributed by atoms with Crippen molar-refractivity contribution >= 4 is 17.8 Å². The zero-order chi connectivity index (χ0) is 12.3. The summed E-state index contributed by atoms with van der Waals surface area (Å²) < 4.78 is 0. The largest absolute Gasteiger partial charge is 0.508 e. The van der Waals surface area contributed by atoms with Gasteiger partial charge in [0.2, 0.25) is 0 Å². The van der Waals surface area contributed by atoms with Gasteiger partial charge in [-0.25, -0.2) is 0 Å². The minimum atomic E-state index is 0.0435. The molecule has 0 amide bonds. The van der Waals surface area contributed by atoms with Crippen molar-refractivity contribution in [3.05, 3.63) is 53.6 Å². The highest BCUT2D eigenvalue weighted by atomic mass is 16.3. The summed E-state index contributed by atoms with van der Waals surface area (Å²) in [6.45, 7) is 0. The summed E-state index contributed by atoms with van der Waals surface area (Å²) in [7, 11) is 0. The summed E-state index contributed by atoms with van der Waals surface area (Å²) in [5, 5.41) is 18.6. The molecule has 0 fully saturated rings. The van der Waals surface area contributed by atoms with Crippen molar-refractivity contribution in [2.45, 2.75) is 0 Å². The number of benzene rings is 2. The van der Waals surface area contributed by atoms with Crippen LogP contribution in [0.2, 0.25) is 0 Å². The minimum absolute atomic E-state index is 0.0435. The third-order valence-electron chi connectivity index (χ3n) is 2.33. The molecule has 0 heterocycles. The van der Waals surface area contributed by atoms with Crippen molar-refractivity contribution in [3.8, 4) is 11.5 Å². The molecule has 2 rings (SSSR count). The molecule has 17 heavy (non-hydrogen) atoms. The highest BCUT2D eigenvalue weighted by molar-refractivity contribution is 5.71. The molecule has 0 aliphatic carbocycles. The van der Waals surface area contributed by atoms with Gasteiger partial charge in [-0.2, -0.15) is 0 Å². The van der Waals surface area contributed by atoms with Crippen molar-refractivity contribution in [2.75, 3.05) is 5.73 Å². The standard InChI is InChI=1S/C14H13NO2/c15-12-5-3-10(4-6-12)1-2-11-7-13(16)9-14(17)8-11/h1-9,16-17H,15H2. The lowest BCUT2D eigenvalue weighted by molar-refractivity contribution is 0.450. The van der Waals surface area contributed by atoms with Crippen molar-refractivity contribution in [2.24, 2.45) is 0 Å². The van der Waals surface area contributed by atoms with Gasteiger partial charge in [0.1, 0.15) is 11.5 Å². The van der Waals surface area contributed by atoms with Gasteiger partial charge < -0.3 is 15.9 Å². The number of nitrogen functional groups attached to an aromatic ring is 1. The van der Waals surface area contributed by atoms with E-state index in [0.717, 1.165) is 16.8 Å². The Balaban J connectivity index is 2.22. The van der Waals surface area contributed by atoms with E-state index >= 15 is 0 Å². The molecule has 3 nitrogen and oxygen atoms in total. The van der Waals surface area contributed by atoms with Crippen molar-refractivity contribution in [1.29, 1.82) is 0 Å². The van der Waals surface area contributed by atoms with E-state index in [1.54, 1.807) is 12.1 Å². The number of anilines is 1. The number of hydrogen-bond donors (Lipinski definition) is 3. The quantitative estimate of drug-likeness (QED) is 0.546. The first-order chi connectivity index (χ1) is 8.13. The van der Waals surface area contributed by atoms with Gasteiger partial charge in [-0.05, 0) is 35.4 Å². The Morgan fingerprint density at radius 2 is 1.29 bits per heavy atom. The molecule has 0 atom stereocenters. The van der Waals surface area contributed by atoms with E-state index < -0.39 is 0 Å². The third kappa shape index (κ3) is 3.01. The zero-order valence-electron chi connectivity index (χ0n) is 9.17. The molecule has 0 bridgehead atoms. The minimum Gasteiger partial charge on any atom is -0.508 e. The highest BCUT2D eigenvalue weighted by Gasteiger charge is 1.95. The summed E-state index contributed by atoms with van der Waals surface area (Å²) in [5.41, 5.74) is 8.04. The van der Waals surface area contributed by atoms with Crippen LogP contribution in [0, 0.1) is 0 Å². The van der Waals surface area contributed by atoms with Crippen LogP contribution in [0.3, 0.4) is 0 Å². The maximum atomic E-state index is 9.32. The molecule has 86 valence electrons. The number of phenolic OH excluding ortho intramolecular Hbond substituents is 2. The van der Waals surface area contributed by atoms with E-state index in [1.165, 1.54) is 6.07 Å². The van der Waals surface area contributed by atoms with Gasteiger partial charge >= 0.3 is 0 Å². The van der Waals surface area contributed by atoms with Gasteiger partial charge in [0.25, 0.3) is 0 Å². The zero-order valence-corrected chi connectivity index (χ0v) is 9.17. The number of rotatable bonds is 2. The summed E-state index contributed by atoms with van der Waals surface area (Å²) in [4.78, 5) is 0. The van der Waals surface area contributed by atoms with Crippen LogP contribution in [0.1, 0.15) is 11.1 Å². The molecule has 0 unspecified atom stereocenters. The van der Waals surface area contributed by atoms with E-state index in [4.69, 9.17) is 5.73 Å². The average Bonchev–Trinajstić information content (AvgIpc) is 2.27. The Bertz CT molecular complexity index is 524.